The number of imidazole rings is 1. The third-order valence-corrected chi connectivity index (χ3v) is 6.57. The van der Waals surface area contributed by atoms with Gasteiger partial charge in [0, 0.05) is 45.6 Å². The Morgan fingerprint density at radius 1 is 1.33 bits per heavy atom. The zero-order valence-corrected chi connectivity index (χ0v) is 17.8. The van der Waals surface area contributed by atoms with Gasteiger partial charge in [-0.25, -0.2) is 4.98 Å². The summed E-state index contributed by atoms with van der Waals surface area (Å²) in [6, 6.07) is 7.72. The highest BCUT2D eigenvalue weighted by Gasteiger charge is 2.42. The monoisotopic (exact) mass is 413 g/mol. The van der Waals surface area contributed by atoms with E-state index < -0.39 is 6.10 Å². The van der Waals surface area contributed by atoms with Crippen LogP contribution >= 0.6 is 0 Å². The van der Waals surface area contributed by atoms with Crippen LogP contribution in [-0.4, -0.2) is 81.1 Å². The first-order chi connectivity index (χ1) is 14.5. The van der Waals surface area contributed by atoms with Crippen molar-refractivity contribution >= 4 is 22.8 Å². The molecule has 1 aliphatic heterocycles. The highest BCUT2D eigenvalue weighted by atomic mass is 16.3. The van der Waals surface area contributed by atoms with Crippen molar-refractivity contribution in [3.8, 4) is 0 Å². The zero-order chi connectivity index (χ0) is 21.3. The molecule has 4 rings (SSSR count). The number of carbonyl (C=O) groups excluding carboxylic acids is 2. The topological polar surface area (TPSA) is 90.7 Å². The average Bonchev–Trinajstić information content (AvgIpc) is 3.31. The summed E-state index contributed by atoms with van der Waals surface area (Å²) in [6.07, 6.45) is 2.09. The van der Waals surface area contributed by atoms with E-state index in [-0.39, 0.29) is 23.9 Å². The lowest BCUT2D eigenvalue weighted by Gasteiger charge is -2.36. The Morgan fingerprint density at radius 3 is 2.90 bits per heavy atom. The van der Waals surface area contributed by atoms with Gasteiger partial charge in [-0.1, -0.05) is 19.1 Å². The summed E-state index contributed by atoms with van der Waals surface area (Å²) in [5.41, 5.74) is 2.00. The molecule has 0 radical (unpaired) electrons. The number of benzene rings is 1. The average molecular weight is 414 g/mol. The van der Waals surface area contributed by atoms with Gasteiger partial charge in [-0.3, -0.25) is 14.5 Å². The second-order valence-corrected chi connectivity index (χ2v) is 8.30. The number of fused-ring (bicyclic) bond motifs is 1. The van der Waals surface area contributed by atoms with Gasteiger partial charge in [0.05, 0.1) is 29.7 Å². The molecule has 1 saturated heterocycles. The number of hydrogen-bond acceptors (Lipinski definition) is 5. The van der Waals surface area contributed by atoms with E-state index in [0.717, 1.165) is 42.7 Å². The number of piperazine rings is 1. The molecule has 162 valence electrons. The van der Waals surface area contributed by atoms with E-state index in [1.807, 2.05) is 29.2 Å². The first kappa shape index (κ1) is 20.8. The van der Waals surface area contributed by atoms with Crippen molar-refractivity contribution in [2.75, 3.05) is 26.7 Å². The summed E-state index contributed by atoms with van der Waals surface area (Å²) in [6.45, 7) is 4.32. The summed E-state index contributed by atoms with van der Waals surface area (Å²) >= 11 is 0. The molecule has 2 amide bonds. The number of rotatable bonds is 6. The van der Waals surface area contributed by atoms with E-state index in [0.29, 0.717) is 26.1 Å². The third kappa shape index (κ3) is 3.94. The van der Waals surface area contributed by atoms with E-state index >= 15 is 0 Å². The standard InChI is InChI=1S/C22H31N5O3/c1-3-19-24-15-6-4-5-7-16(15)27(19)12-10-21(29)25(2)17-8-9-18(22(17)30)26-13-11-23-20(28)14-26/h4-7,17-18,22,30H,3,8-14H2,1-2H3,(H,23,28)/t17-,18-,22-/m1/s1. The summed E-state index contributed by atoms with van der Waals surface area (Å²) < 4.78 is 2.13. The fraction of sp³-hybridized carbons (Fsp3) is 0.591. The molecular weight excluding hydrogens is 382 g/mol. The van der Waals surface area contributed by atoms with Crippen molar-refractivity contribution in [2.24, 2.45) is 0 Å². The highest BCUT2D eigenvalue weighted by molar-refractivity contribution is 5.79. The maximum Gasteiger partial charge on any atom is 0.234 e. The Morgan fingerprint density at radius 2 is 2.13 bits per heavy atom. The van der Waals surface area contributed by atoms with Gasteiger partial charge in [0.25, 0.3) is 0 Å². The summed E-state index contributed by atoms with van der Waals surface area (Å²) in [5, 5.41) is 13.7. The number of nitrogens with one attached hydrogen (secondary N) is 1. The van der Waals surface area contributed by atoms with E-state index in [1.165, 1.54) is 0 Å². The van der Waals surface area contributed by atoms with Gasteiger partial charge in [0.15, 0.2) is 0 Å². The number of para-hydroxylation sites is 2. The van der Waals surface area contributed by atoms with Crippen molar-refractivity contribution in [2.45, 2.75) is 57.3 Å². The Bertz CT molecular complexity index is 927. The number of aliphatic hydroxyl groups is 1. The van der Waals surface area contributed by atoms with Crippen LogP contribution in [0, 0.1) is 0 Å². The van der Waals surface area contributed by atoms with Gasteiger partial charge in [-0.05, 0) is 25.0 Å². The molecule has 0 unspecified atom stereocenters. The largest absolute Gasteiger partial charge is 0.389 e. The maximum absolute atomic E-state index is 12.9. The van der Waals surface area contributed by atoms with Crippen molar-refractivity contribution in [3.63, 3.8) is 0 Å². The van der Waals surface area contributed by atoms with Gasteiger partial charge in [0.1, 0.15) is 5.82 Å². The SMILES string of the molecule is CCc1nc2ccccc2n1CCC(=O)N(C)[C@@H]1CC[C@@H](N2CCNC(=O)C2)[C@@H]1O. The number of aromatic nitrogens is 2. The summed E-state index contributed by atoms with van der Waals surface area (Å²) in [4.78, 5) is 33.1. The molecule has 2 aromatic rings. The Hall–Kier alpha value is -2.45. The Balaban J connectivity index is 1.39. The van der Waals surface area contributed by atoms with Gasteiger partial charge in [-0.2, -0.15) is 0 Å². The molecule has 2 aliphatic rings. The third-order valence-electron chi connectivity index (χ3n) is 6.57. The lowest BCUT2D eigenvalue weighted by Crippen LogP contribution is -2.55. The molecule has 8 nitrogen and oxygen atoms in total. The normalized spacial score (nSPS) is 24.9. The lowest BCUT2D eigenvalue weighted by molar-refractivity contribution is -0.135. The number of carbonyl (C=O) groups is 2. The Kier molecular flexibility index (Phi) is 6.06. The molecule has 1 saturated carbocycles. The second-order valence-electron chi connectivity index (χ2n) is 8.30. The summed E-state index contributed by atoms with van der Waals surface area (Å²) in [7, 11) is 1.79. The van der Waals surface area contributed by atoms with Gasteiger partial charge >= 0.3 is 0 Å². The van der Waals surface area contributed by atoms with E-state index in [2.05, 4.69) is 21.8 Å². The second kappa shape index (κ2) is 8.73. The molecule has 0 spiro atoms. The number of amides is 2. The minimum atomic E-state index is -0.634. The van der Waals surface area contributed by atoms with Crippen LogP contribution in [0.2, 0.25) is 0 Å². The molecule has 1 aliphatic carbocycles. The number of aryl methyl sites for hydroxylation is 2. The molecule has 1 aromatic carbocycles. The molecule has 2 fully saturated rings. The minimum Gasteiger partial charge on any atom is -0.389 e. The van der Waals surface area contributed by atoms with E-state index in [4.69, 9.17) is 0 Å². The molecule has 30 heavy (non-hydrogen) atoms. The van der Waals surface area contributed by atoms with Crippen LogP contribution in [0.4, 0.5) is 0 Å². The first-order valence-electron chi connectivity index (χ1n) is 10.9. The van der Waals surface area contributed by atoms with Crippen molar-refractivity contribution < 1.29 is 14.7 Å². The van der Waals surface area contributed by atoms with Crippen LogP contribution < -0.4 is 5.32 Å². The van der Waals surface area contributed by atoms with Crippen molar-refractivity contribution in [1.82, 2.24) is 24.7 Å². The maximum atomic E-state index is 12.9. The summed E-state index contributed by atoms with van der Waals surface area (Å²) in [5.74, 6) is 1.01. The van der Waals surface area contributed by atoms with E-state index in [9.17, 15) is 14.7 Å². The quantitative estimate of drug-likeness (QED) is 0.730. The Labute approximate surface area is 176 Å². The smallest absolute Gasteiger partial charge is 0.234 e. The first-order valence-corrected chi connectivity index (χ1v) is 10.9. The fourth-order valence-corrected chi connectivity index (χ4v) is 4.92. The molecular formula is C22H31N5O3. The molecule has 2 N–H and O–H groups in total. The minimum absolute atomic E-state index is 0.000572. The van der Waals surface area contributed by atoms with Gasteiger partial charge < -0.3 is 19.9 Å². The number of likely N-dealkylation sites (N-methyl/N-ethyl adjacent to an activating group) is 1. The van der Waals surface area contributed by atoms with Crippen LogP contribution in [0.3, 0.4) is 0 Å². The van der Waals surface area contributed by atoms with Crippen molar-refractivity contribution in [3.05, 3.63) is 30.1 Å². The van der Waals surface area contributed by atoms with Crippen LogP contribution in [-0.2, 0) is 22.6 Å². The highest BCUT2D eigenvalue weighted by Crippen LogP contribution is 2.29. The predicted molar refractivity (Wildman–Crippen MR) is 114 cm³/mol. The number of hydrogen-bond donors (Lipinski definition) is 2. The molecule has 3 atom stereocenters. The number of aliphatic hydroxyl groups excluding tert-OH is 1. The van der Waals surface area contributed by atoms with Gasteiger partial charge in [-0.15, -0.1) is 0 Å². The van der Waals surface area contributed by atoms with E-state index in [1.54, 1.807) is 11.9 Å². The molecule has 2 heterocycles. The zero-order valence-electron chi connectivity index (χ0n) is 17.8. The molecule has 1 aromatic heterocycles. The fourth-order valence-electron chi connectivity index (χ4n) is 4.92. The van der Waals surface area contributed by atoms with Crippen LogP contribution in [0.15, 0.2) is 24.3 Å². The van der Waals surface area contributed by atoms with Crippen LogP contribution in [0.5, 0.6) is 0 Å². The van der Waals surface area contributed by atoms with Crippen molar-refractivity contribution in [1.29, 1.82) is 0 Å². The van der Waals surface area contributed by atoms with Crippen LogP contribution in [0.1, 0.15) is 32.0 Å². The number of nitrogens with zero attached hydrogens (tertiary/aromatic N) is 4. The van der Waals surface area contributed by atoms with Crippen LogP contribution in [0.25, 0.3) is 11.0 Å². The molecule has 0 bridgehead atoms. The molecule has 8 heteroatoms. The lowest BCUT2D eigenvalue weighted by atomic mass is 10.1. The van der Waals surface area contributed by atoms with Gasteiger partial charge in [0.2, 0.25) is 11.8 Å². The predicted octanol–water partition coefficient (Wildman–Crippen LogP) is 0.771.